The van der Waals surface area contributed by atoms with Crippen molar-refractivity contribution in [1.82, 2.24) is 14.6 Å². The number of alkyl halides is 1. The van der Waals surface area contributed by atoms with Crippen molar-refractivity contribution in [2.75, 3.05) is 19.1 Å². The third-order valence-corrected chi connectivity index (χ3v) is 2.59. The molecule has 0 radical (unpaired) electrons. The first-order valence-electron chi connectivity index (χ1n) is 5.17. The first-order valence-corrected chi connectivity index (χ1v) is 5.61. The molecule has 0 spiro atoms. The average molecular weight is 239 g/mol. The van der Waals surface area contributed by atoms with Crippen LogP contribution in [0.3, 0.4) is 0 Å². The molecule has 0 aliphatic heterocycles. The third-order valence-electron chi connectivity index (χ3n) is 2.39. The Morgan fingerprint density at radius 3 is 2.69 bits per heavy atom. The molecule has 0 N–H and O–H groups in total. The van der Waals surface area contributed by atoms with E-state index in [0.717, 1.165) is 22.6 Å². The van der Waals surface area contributed by atoms with Crippen LogP contribution >= 0.6 is 11.6 Å². The summed E-state index contributed by atoms with van der Waals surface area (Å²) in [5, 5.41) is 1.79. The minimum atomic E-state index is -0.142. The maximum atomic E-state index is 6.13. The van der Waals surface area contributed by atoms with Crippen molar-refractivity contribution in [3.05, 3.63) is 23.7 Å². The van der Waals surface area contributed by atoms with Gasteiger partial charge in [-0.3, -0.25) is 0 Å². The predicted molar refractivity (Wildman–Crippen MR) is 66.6 cm³/mol. The van der Waals surface area contributed by atoms with Crippen LogP contribution in [0.4, 0.5) is 0 Å². The maximum absolute atomic E-state index is 6.13. The number of rotatable bonds is 2. The average Bonchev–Trinajstić information content (AvgIpc) is 2.55. The van der Waals surface area contributed by atoms with Crippen LogP contribution in [0.5, 0.6) is 0 Å². The minimum Gasteiger partial charge on any atom is -0.316 e. The summed E-state index contributed by atoms with van der Waals surface area (Å²) in [6.45, 7) is 3.92. The zero-order chi connectivity index (χ0) is 11.9. The van der Waals surface area contributed by atoms with Gasteiger partial charge in [-0.15, -0.1) is 11.6 Å². The van der Waals surface area contributed by atoms with E-state index in [-0.39, 0.29) is 5.38 Å². The van der Waals surface area contributed by atoms with E-state index >= 15 is 0 Å². The summed E-state index contributed by atoms with van der Waals surface area (Å²) in [4.78, 5) is 8.93. The first-order chi connectivity index (χ1) is 7.50. The largest absolute Gasteiger partial charge is 0.316 e. The van der Waals surface area contributed by atoms with Crippen molar-refractivity contribution in [2.24, 2.45) is 0 Å². The number of hydrogen-bond acceptors (Lipinski definition) is 3. The number of halogens is 1. The molecule has 0 saturated carbocycles. The Bertz CT molecular complexity index is 516. The number of hydrogen-bond donors (Lipinski definition) is 0. The Kier molecular flexibility index (Phi) is 2.76. The number of imidazole rings is 1. The Labute approximate surface area is 99.8 Å². The Morgan fingerprint density at radius 2 is 2.12 bits per heavy atom. The second-order valence-electron chi connectivity index (χ2n) is 4.10. The molecule has 0 saturated heterocycles. The van der Waals surface area contributed by atoms with Gasteiger partial charge in [-0.25, -0.2) is 14.6 Å². The smallest absolute Gasteiger partial charge is 0.179 e. The van der Waals surface area contributed by atoms with Crippen LogP contribution in [-0.2, 0) is 0 Å². The fraction of sp³-hybridized carbons (Fsp3) is 0.455. The molecule has 0 bridgehead atoms. The third kappa shape index (κ3) is 1.73. The lowest BCUT2D eigenvalue weighted by Gasteiger charge is -2.18. The van der Waals surface area contributed by atoms with Gasteiger partial charge in [-0.2, -0.15) is 0 Å². The van der Waals surface area contributed by atoms with Crippen LogP contribution in [0.1, 0.15) is 23.7 Å². The normalized spacial score (nSPS) is 13.1. The van der Waals surface area contributed by atoms with Crippen LogP contribution in [-0.4, -0.2) is 28.7 Å². The van der Waals surface area contributed by atoms with Gasteiger partial charge in [-0.1, -0.05) is 0 Å². The van der Waals surface area contributed by atoms with Crippen LogP contribution in [0.25, 0.3) is 11.2 Å². The first kappa shape index (κ1) is 11.2. The van der Waals surface area contributed by atoms with Crippen molar-refractivity contribution >= 4 is 22.8 Å². The van der Waals surface area contributed by atoms with Crippen molar-refractivity contribution in [3.8, 4) is 0 Å². The van der Waals surface area contributed by atoms with E-state index in [1.165, 1.54) is 0 Å². The van der Waals surface area contributed by atoms with E-state index in [1.807, 2.05) is 49.9 Å². The zero-order valence-corrected chi connectivity index (χ0v) is 10.7. The minimum absolute atomic E-state index is 0.142. The van der Waals surface area contributed by atoms with E-state index in [9.17, 15) is 0 Å². The lowest BCUT2D eigenvalue weighted by Crippen LogP contribution is -2.27. The Hall–Kier alpha value is -1.29. The van der Waals surface area contributed by atoms with Gasteiger partial charge in [0.15, 0.2) is 5.65 Å². The summed E-state index contributed by atoms with van der Waals surface area (Å²) < 4.78 is 1.94. The number of fused-ring (bicyclic) bond motifs is 1. The van der Waals surface area contributed by atoms with E-state index in [0.29, 0.717) is 0 Å². The maximum Gasteiger partial charge on any atom is 0.179 e. The SMILES string of the molecule is Cc1cnc2c(c1)nc(C(C)Cl)n2N(C)C. The highest BCUT2D eigenvalue weighted by Gasteiger charge is 2.17. The number of nitrogens with zero attached hydrogens (tertiary/aromatic N) is 4. The number of aryl methyl sites for hydroxylation is 1. The zero-order valence-electron chi connectivity index (χ0n) is 9.90. The van der Waals surface area contributed by atoms with Crippen LogP contribution in [0.2, 0.25) is 0 Å². The van der Waals surface area contributed by atoms with Crippen molar-refractivity contribution < 1.29 is 0 Å². The van der Waals surface area contributed by atoms with Crippen molar-refractivity contribution in [1.29, 1.82) is 0 Å². The van der Waals surface area contributed by atoms with Crippen LogP contribution in [0, 0.1) is 6.92 Å². The highest BCUT2D eigenvalue weighted by atomic mass is 35.5. The van der Waals surface area contributed by atoms with Gasteiger partial charge in [-0.05, 0) is 25.5 Å². The summed E-state index contributed by atoms with van der Waals surface area (Å²) in [7, 11) is 3.90. The summed E-state index contributed by atoms with van der Waals surface area (Å²) in [6.07, 6.45) is 1.84. The summed E-state index contributed by atoms with van der Waals surface area (Å²) in [6, 6.07) is 2.02. The molecule has 86 valence electrons. The van der Waals surface area contributed by atoms with Gasteiger partial charge in [0, 0.05) is 20.3 Å². The molecule has 2 aromatic rings. The van der Waals surface area contributed by atoms with Gasteiger partial charge in [0.05, 0.1) is 5.38 Å². The molecule has 0 aliphatic rings. The molecule has 0 aliphatic carbocycles. The second kappa shape index (κ2) is 3.94. The quantitative estimate of drug-likeness (QED) is 0.753. The topological polar surface area (TPSA) is 34.0 Å². The summed E-state index contributed by atoms with van der Waals surface area (Å²) in [5.41, 5.74) is 2.83. The predicted octanol–water partition coefficient (Wildman–Crippen LogP) is 2.24. The molecule has 1 unspecified atom stereocenters. The van der Waals surface area contributed by atoms with E-state index in [4.69, 9.17) is 11.6 Å². The summed E-state index contributed by atoms with van der Waals surface area (Å²) in [5.74, 6) is 0.819. The highest BCUT2D eigenvalue weighted by Crippen LogP contribution is 2.23. The van der Waals surface area contributed by atoms with Gasteiger partial charge in [0.25, 0.3) is 0 Å². The fourth-order valence-electron chi connectivity index (χ4n) is 1.72. The van der Waals surface area contributed by atoms with E-state index < -0.39 is 0 Å². The molecule has 0 fully saturated rings. The molecule has 5 heteroatoms. The summed E-state index contributed by atoms with van der Waals surface area (Å²) >= 11 is 6.13. The number of pyridine rings is 1. The lowest BCUT2D eigenvalue weighted by atomic mass is 10.3. The number of aromatic nitrogens is 3. The lowest BCUT2D eigenvalue weighted by molar-refractivity contribution is 0.689. The molecule has 1 atom stereocenters. The Morgan fingerprint density at radius 1 is 1.44 bits per heavy atom. The van der Waals surface area contributed by atoms with Crippen LogP contribution < -0.4 is 5.01 Å². The van der Waals surface area contributed by atoms with Crippen molar-refractivity contribution in [3.63, 3.8) is 0 Å². The molecule has 0 amide bonds. The van der Waals surface area contributed by atoms with Crippen molar-refractivity contribution in [2.45, 2.75) is 19.2 Å². The molecule has 16 heavy (non-hydrogen) atoms. The highest BCUT2D eigenvalue weighted by molar-refractivity contribution is 6.20. The second-order valence-corrected chi connectivity index (χ2v) is 4.76. The van der Waals surface area contributed by atoms with Gasteiger partial charge >= 0.3 is 0 Å². The van der Waals surface area contributed by atoms with E-state index in [2.05, 4.69) is 9.97 Å². The standard InChI is InChI=1S/C11H15ClN4/c1-7-5-9-11(13-6-7)16(15(3)4)10(14-9)8(2)12/h5-6,8H,1-4H3. The molecule has 2 rings (SSSR count). The Balaban J connectivity index is 2.75. The molecular formula is C11H15ClN4. The molecular weight excluding hydrogens is 224 g/mol. The molecule has 2 heterocycles. The van der Waals surface area contributed by atoms with Gasteiger partial charge in [0.2, 0.25) is 0 Å². The molecule has 0 aromatic carbocycles. The molecule has 2 aromatic heterocycles. The molecule has 4 nitrogen and oxygen atoms in total. The monoisotopic (exact) mass is 238 g/mol. The van der Waals surface area contributed by atoms with Crippen LogP contribution in [0.15, 0.2) is 12.3 Å². The fourth-order valence-corrected chi connectivity index (χ4v) is 1.86. The van der Waals surface area contributed by atoms with E-state index in [1.54, 1.807) is 0 Å². The van der Waals surface area contributed by atoms with Gasteiger partial charge < -0.3 is 5.01 Å². The van der Waals surface area contributed by atoms with Gasteiger partial charge in [0.1, 0.15) is 11.3 Å².